The fourth-order valence-corrected chi connectivity index (χ4v) is 1.33. The van der Waals surface area contributed by atoms with Crippen molar-refractivity contribution in [2.75, 3.05) is 0 Å². The summed E-state index contributed by atoms with van der Waals surface area (Å²) in [6.07, 6.45) is 0. The average molecular weight is 199 g/mol. The Morgan fingerprint density at radius 1 is 0.933 bits per heavy atom. The maximum absolute atomic E-state index is 11.8. The number of aromatic nitrogens is 1. The maximum atomic E-state index is 11.8. The fourth-order valence-electron chi connectivity index (χ4n) is 1.33. The molecule has 0 aliphatic rings. The first kappa shape index (κ1) is 9.40. The Morgan fingerprint density at radius 3 is 2.33 bits per heavy atom. The molecule has 1 aromatic carbocycles. The number of aromatic amines is 1. The van der Waals surface area contributed by atoms with Crippen molar-refractivity contribution >= 4 is 5.78 Å². The van der Waals surface area contributed by atoms with Crippen molar-refractivity contribution in [3.8, 4) is 0 Å². The minimum absolute atomic E-state index is 0.173. The van der Waals surface area contributed by atoms with E-state index in [9.17, 15) is 9.59 Å². The minimum Gasteiger partial charge on any atom is -0.319 e. The third-order valence-corrected chi connectivity index (χ3v) is 2.05. The van der Waals surface area contributed by atoms with Gasteiger partial charge < -0.3 is 4.98 Å². The highest BCUT2D eigenvalue weighted by Gasteiger charge is 2.07. The second kappa shape index (κ2) is 3.92. The van der Waals surface area contributed by atoms with Gasteiger partial charge in [-0.05, 0) is 6.07 Å². The van der Waals surface area contributed by atoms with Gasteiger partial charge in [0.05, 0.1) is 5.69 Å². The van der Waals surface area contributed by atoms with E-state index < -0.39 is 0 Å². The van der Waals surface area contributed by atoms with E-state index in [0.717, 1.165) is 0 Å². The molecule has 0 spiro atoms. The Hall–Kier alpha value is -2.16. The summed E-state index contributed by atoms with van der Waals surface area (Å²) >= 11 is 0. The Balaban J connectivity index is 2.42. The number of benzene rings is 1. The molecule has 0 radical (unpaired) electrons. The molecule has 0 saturated carbocycles. The van der Waals surface area contributed by atoms with E-state index in [0.29, 0.717) is 11.3 Å². The molecule has 0 atom stereocenters. The molecule has 2 rings (SSSR count). The highest BCUT2D eigenvalue weighted by Crippen LogP contribution is 2.05. The zero-order valence-electron chi connectivity index (χ0n) is 7.94. The van der Waals surface area contributed by atoms with Gasteiger partial charge in [0.15, 0.2) is 0 Å². The molecule has 0 fully saturated rings. The minimum atomic E-state index is -0.267. The molecule has 1 N–H and O–H groups in total. The molecular weight excluding hydrogens is 190 g/mol. The number of H-pyrrole nitrogens is 1. The lowest BCUT2D eigenvalue weighted by atomic mass is 10.1. The molecule has 1 heterocycles. The van der Waals surface area contributed by atoms with Crippen LogP contribution >= 0.6 is 0 Å². The number of ketones is 1. The third-order valence-electron chi connectivity index (χ3n) is 2.05. The Morgan fingerprint density at radius 2 is 1.67 bits per heavy atom. The summed E-state index contributed by atoms with van der Waals surface area (Å²) in [6, 6.07) is 13.4. The quantitative estimate of drug-likeness (QED) is 0.747. The molecule has 0 amide bonds. The van der Waals surface area contributed by atoms with Crippen molar-refractivity contribution in [3.05, 3.63) is 70.1 Å². The largest absolute Gasteiger partial charge is 0.319 e. The maximum Gasteiger partial charge on any atom is 0.248 e. The van der Waals surface area contributed by atoms with E-state index in [1.54, 1.807) is 36.4 Å². The lowest BCUT2D eigenvalue weighted by molar-refractivity contribution is 0.103. The molecule has 74 valence electrons. The molecule has 0 saturated heterocycles. The van der Waals surface area contributed by atoms with E-state index in [2.05, 4.69) is 4.98 Å². The number of nitrogens with one attached hydrogen (secondary N) is 1. The molecule has 3 nitrogen and oxygen atoms in total. The lowest BCUT2D eigenvalue weighted by Gasteiger charge is -1.99. The number of carbonyl (C=O) groups is 1. The summed E-state index contributed by atoms with van der Waals surface area (Å²) in [6.45, 7) is 0. The van der Waals surface area contributed by atoms with Crippen molar-refractivity contribution in [1.29, 1.82) is 0 Å². The highest BCUT2D eigenvalue weighted by molar-refractivity contribution is 6.07. The van der Waals surface area contributed by atoms with Gasteiger partial charge in [-0.15, -0.1) is 0 Å². The second-order valence-electron chi connectivity index (χ2n) is 3.12. The van der Waals surface area contributed by atoms with E-state index in [1.807, 2.05) is 6.07 Å². The molecule has 0 bridgehead atoms. The van der Waals surface area contributed by atoms with E-state index in [1.165, 1.54) is 6.07 Å². The third kappa shape index (κ3) is 2.02. The number of hydrogen-bond acceptors (Lipinski definition) is 2. The van der Waals surface area contributed by atoms with Gasteiger partial charge in [-0.3, -0.25) is 9.59 Å². The van der Waals surface area contributed by atoms with Crippen molar-refractivity contribution < 1.29 is 4.79 Å². The summed E-state index contributed by atoms with van der Waals surface area (Å²) in [4.78, 5) is 25.3. The topological polar surface area (TPSA) is 49.9 Å². The fraction of sp³-hybridized carbons (Fsp3) is 0. The van der Waals surface area contributed by atoms with Crippen LogP contribution in [0.5, 0.6) is 0 Å². The molecule has 2 aromatic rings. The summed E-state index contributed by atoms with van der Waals surface area (Å²) in [5, 5.41) is 0. The molecule has 0 aliphatic heterocycles. The van der Waals surface area contributed by atoms with Crippen molar-refractivity contribution in [2.45, 2.75) is 0 Å². The number of hydrogen-bond donors (Lipinski definition) is 1. The molecule has 3 heteroatoms. The summed E-state index contributed by atoms with van der Waals surface area (Å²) in [5.74, 6) is -0.173. The van der Waals surface area contributed by atoms with Gasteiger partial charge in [0, 0.05) is 11.6 Å². The van der Waals surface area contributed by atoms with Gasteiger partial charge in [0.25, 0.3) is 0 Å². The zero-order valence-corrected chi connectivity index (χ0v) is 7.94. The Kier molecular flexibility index (Phi) is 2.46. The monoisotopic (exact) mass is 199 g/mol. The molecular formula is C12H9NO2. The molecule has 15 heavy (non-hydrogen) atoms. The van der Waals surface area contributed by atoms with E-state index >= 15 is 0 Å². The van der Waals surface area contributed by atoms with Gasteiger partial charge >= 0.3 is 0 Å². The van der Waals surface area contributed by atoms with Crippen LogP contribution in [-0.2, 0) is 0 Å². The normalized spacial score (nSPS) is 9.87. The highest BCUT2D eigenvalue weighted by atomic mass is 16.1. The summed E-state index contributed by atoms with van der Waals surface area (Å²) in [5.41, 5.74) is 0.616. The molecule has 1 aromatic heterocycles. The van der Waals surface area contributed by atoms with Gasteiger partial charge in [-0.2, -0.15) is 0 Å². The lowest BCUT2D eigenvalue weighted by Crippen LogP contribution is -2.11. The van der Waals surface area contributed by atoms with Crippen LogP contribution in [0.15, 0.2) is 53.3 Å². The zero-order chi connectivity index (χ0) is 10.7. The van der Waals surface area contributed by atoms with Crippen molar-refractivity contribution in [2.24, 2.45) is 0 Å². The first-order chi connectivity index (χ1) is 7.27. The van der Waals surface area contributed by atoms with Crippen molar-refractivity contribution in [1.82, 2.24) is 4.98 Å². The SMILES string of the molecule is O=C(c1ccccc1)c1cccc(=O)[nH]1. The first-order valence-corrected chi connectivity index (χ1v) is 4.56. The van der Waals surface area contributed by atoms with Crippen LogP contribution in [0.2, 0.25) is 0 Å². The predicted octanol–water partition coefficient (Wildman–Crippen LogP) is 1.61. The van der Waals surface area contributed by atoms with Crippen LogP contribution in [0.25, 0.3) is 0 Å². The molecule has 0 aliphatic carbocycles. The van der Waals surface area contributed by atoms with Gasteiger partial charge in [-0.1, -0.05) is 36.4 Å². The predicted molar refractivity (Wildman–Crippen MR) is 56.9 cm³/mol. The van der Waals surface area contributed by atoms with Gasteiger partial charge in [-0.25, -0.2) is 0 Å². The average Bonchev–Trinajstić information content (AvgIpc) is 2.29. The Labute approximate surface area is 86.4 Å². The van der Waals surface area contributed by atoms with Crippen LogP contribution in [-0.4, -0.2) is 10.8 Å². The number of rotatable bonds is 2. The number of carbonyl (C=O) groups excluding carboxylic acids is 1. The van der Waals surface area contributed by atoms with Gasteiger partial charge in [0.1, 0.15) is 0 Å². The number of pyridine rings is 1. The van der Waals surface area contributed by atoms with Crippen LogP contribution in [0.1, 0.15) is 16.1 Å². The summed E-state index contributed by atoms with van der Waals surface area (Å²) in [7, 11) is 0. The van der Waals surface area contributed by atoms with Crippen molar-refractivity contribution in [3.63, 3.8) is 0 Å². The summed E-state index contributed by atoms with van der Waals surface area (Å²) < 4.78 is 0. The van der Waals surface area contributed by atoms with Crippen LogP contribution in [0.4, 0.5) is 0 Å². The van der Waals surface area contributed by atoms with Crippen LogP contribution < -0.4 is 5.56 Å². The molecule has 0 unspecified atom stereocenters. The van der Waals surface area contributed by atoms with E-state index in [-0.39, 0.29) is 11.3 Å². The smallest absolute Gasteiger partial charge is 0.248 e. The second-order valence-corrected chi connectivity index (χ2v) is 3.12. The van der Waals surface area contributed by atoms with Gasteiger partial charge in [0.2, 0.25) is 11.3 Å². The first-order valence-electron chi connectivity index (χ1n) is 4.56. The van der Waals surface area contributed by atoms with E-state index in [4.69, 9.17) is 0 Å². The van der Waals surface area contributed by atoms with Crippen LogP contribution in [0.3, 0.4) is 0 Å². The van der Waals surface area contributed by atoms with Crippen LogP contribution in [0, 0.1) is 0 Å². The Bertz CT molecular complexity index is 529. The standard InChI is InChI=1S/C12H9NO2/c14-11-8-4-7-10(13-11)12(15)9-5-2-1-3-6-9/h1-8H,(H,13,14).